The maximum absolute atomic E-state index is 12.5. The minimum absolute atomic E-state index is 0.0497. The average molecular weight is 375 g/mol. The van der Waals surface area contributed by atoms with Gasteiger partial charge in [-0.1, -0.05) is 36.0 Å². The number of hydrogen-bond donors (Lipinski definition) is 3. The van der Waals surface area contributed by atoms with E-state index in [1.807, 2.05) is 0 Å². The van der Waals surface area contributed by atoms with Crippen LogP contribution in [0.4, 0.5) is 0 Å². The number of nitrogens with two attached hydrogens (primary N) is 1. The van der Waals surface area contributed by atoms with Gasteiger partial charge in [0.15, 0.2) is 5.84 Å². The Kier molecular flexibility index (Phi) is 5.11. The molecule has 0 unspecified atom stereocenters. The molecule has 1 aromatic carbocycles. The van der Waals surface area contributed by atoms with Gasteiger partial charge in [0.25, 0.3) is 5.91 Å². The molecule has 0 atom stereocenters. The van der Waals surface area contributed by atoms with Gasteiger partial charge in [0.1, 0.15) is 5.54 Å². The molecule has 1 aromatic rings. The van der Waals surface area contributed by atoms with Gasteiger partial charge in [0.05, 0.1) is 5.56 Å². The van der Waals surface area contributed by atoms with Gasteiger partial charge in [-0.15, -0.1) is 0 Å². The smallest absolute Gasteiger partial charge is 0.253 e. The van der Waals surface area contributed by atoms with E-state index >= 15 is 0 Å². The predicted molar refractivity (Wildman–Crippen MR) is 85.8 cm³/mol. The van der Waals surface area contributed by atoms with Crippen LogP contribution in [0.15, 0.2) is 27.8 Å². The standard InChI is InChI=1S/C14H17BrClN3O2/c15-11-5-4-9(16)8-10(11)12(20)18-14(13(17)19-21)6-2-1-3-7-14/h4-5,8,21H,1-3,6-7H2,(H2,17,19)(H,18,20). The summed E-state index contributed by atoms with van der Waals surface area (Å²) in [6.07, 6.45) is 4.25. The van der Waals surface area contributed by atoms with E-state index in [0.717, 1.165) is 19.3 Å². The monoisotopic (exact) mass is 373 g/mol. The molecular formula is C14H17BrClN3O2. The fourth-order valence-corrected chi connectivity index (χ4v) is 3.25. The molecule has 1 aliphatic rings. The molecule has 21 heavy (non-hydrogen) atoms. The zero-order valence-electron chi connectivity index (χ0n) is 11.4. The highest BCUT2D eigenvalue weighted by Crippen LogP contribution is 2.30. The van der Waals surface area contributed by atoms with Crippen molar-refractivity contribution in [1.82, 2.24) is 5.32 Å². The first-order valence-electron chi connectivity index (χ1n) is 6.74. The second-order valence-electron chi connectivity index (χ2n) is 5.21. The van der Waals surface area contributed by atoms with E-state index in [1.54, 1.807) is 18.2 Å². The summed E-state index contributed by atoms with van der Waals surface area (Å²) < 4.78 is 0.648. The number of hydrogen-bond acceptors (Lipinski definition) is 3. The van der Waals surface area contributed by atoms with Crippen LogP contribution in [-0.2, 0) is 0 Å². The van der Waals surface area contributed by atoms with E-state index in [2.05, 4.69) is 26.4 Å². The lowest BCUT2D eigenvalue weighted by Crippen LogP contribution is -2.58. The second-order valence-corrected chi connectivity index (χ2v) is 6.50. The average Bonchev–Trinajstić information content (AvgIpc) is 2.49. The summed E-state index contributed by atoms with van der Waals surface area (Å²) in [4.78, 5) is 12.5. The highest BCUT2D eigenvalue weighted by atomic mass is 79.9. The zero-order chi connectivity index (χ0) is 15.5. The molecule has 0 aromatic heterocycles. The van der Waals surface area contributed by atoms with E-state index in [0.29, 0.717) is 27.9 Å². The van der Waals surface area contributed by atoms with E-state index in [-0.39, 0.29) is 11.7 Å². The Morgan fingerprint density at radius 3 is 2.67 bits per heavy atom. The molecule has 0 saturated heterocycles. The fraction of sp³-hybridized carbons (Fsp3) is 0.429. The Hall–Kier alpha value is -1.27. The Balaban J connectivity index is 2.28. The molecule has 4 N–H and O–H groups in total. The van der Waals surface area contributed by atoms with E-state index in [9.17, 15) is 4.79 Å². The largest absolute Gasteiger partial charge is 0.409 e. The molecule has 1 fully saturated rings. The number of benzene rings is 1. The van der Waals surface area contributed by atoms with Crippen molar-refractivity contribution < 1.29 is 10.0 Å². The topological polar surface area (TPSA) is 87.7 Å². The Morgan fingerprint density at radius 1 is 1.38 bits per heavy atom. The lowest BCUT2D eigenvalue weighted by Gasteiger charge is -2.36. The number of carbonyl (C=O) groups is 1. The van der Waals surface area contributed by atoms with Gasteiger partial charge >= 0.3 is 0 Å². The third-order valence-electron chi connectivity index (χ3n) is 3.83. The van der Waals surface area contributed by atoms with Crippen molar-refractivity contribution in [2.75, 3.05) is 0 Å². The predicted octanol–water partition coefficient (Wildman–Crippen LogP) is 3.28. The summed E-state index contributed by atoms with van der Waals surface area (Å²) >= 11 is 9.28. The van der Waals surface area contributed by atoms with Crippen molar-refractivity contribution in [3.8, 4) is 0 Å². The van der Waals surface area contributed by atoms with Crippen molar-refractivity contribution in [3.05, 3.63) is 33.3 Å². The molecule has 114 valence electrons. The maximum atomic E-state index is 12.5. The summed E-state index contributed by atoms with van der Waals surface area (Å²) in [5, 5.41) is 15.5. The minimum Gasteiger partial charge on any atom is -0.409 e. The third kappa shape index (κ3) is 3.49. The van der Waals surface area contributed by atoms with Crippen LogP contribution >= 0.6 is 27.5 Å². The van der Waals surface area contributed by atoms with Gasteiger partial charge in [-0.25, -0.2) is 0 Å². The van der Waals surface area contributed by atoms with Crippen molar-refractivity contribution in [2.45, 2.75) is 37.6 Å². The van der Waals surface area contributed by atoms with Gasteiger partial charge in [-0.3, -0.25) is 4.79 Å². The summed E-state index contributed by atoms with van der Waals surface area (Å²) in [7, 11) is 0. The number of nitrogens with zero attached hydrogens (tertiary/aromatic N) is 1. The summed E-state index contributed by atoms with van der Waals surface area (Å²) in [6, 6.07) is 5.00. The first-order valence-corrected chi connectivity index (χ1v) is 7.91. The van der Waals surface area contributed by atoms with Crippen LogP contribution in [0.25, 0.3) is 0 Å². The second kappa shape index (κ2) is 6.66. The van der Waals surface area contributed by atoms with Gasteiger partial charge in [-0.05, 0) is 47.0 Å². The van der Waals surface area contributed by atoms with Gasteiger partial charge in [0, 0.05) is 9.50 Å². The molecule has 7 heteroatoms. The number of rotatable bonds is 3. The van der Waals surface area contributed by atoms with Crippen molar-refractivity contribution in [3.63, 3.8) is 0 Å². The van der Waals surface area contributed by atoms with Crippen LogP contribution in [0.3, 0.4) is 0 Å². The molecule has 1 aliphatic carbocycles. The number of carbonyl (C=O) groups excluding carboxylic acids is 1. The van der Waals surface area contributed by atoms with Crippen molar-refractivity contribution in [2.24, 2.45) is 10.9 Å². The van der Waals surface area contributed by atoms with Crippen LogP contribution in [0.2, 0.25) is 5.02 Å². The molecule has 0 spiro atoms. The SMILES string of the molecule is N/C(=N/O)C1(NC(=O)c2cc(Cl)ccc2Br)CCCCC1. The van der Waals surface area contributed by atoms with Gasteiger partial charge in [0.2, 0.25) is 0 Å². The first kappa shape index (κ1) is 16.1. The Morgan fingerprint density at radius 2 is 2.05 bits per heavy atom. The quantitative estimate of drug-likeness (QED) is 0.328. The van der Waals surface area contributed by atoms with Crippen LogP contribution in [0.1, 0.15) is 42.5 Å². The highest BCUT2D eigenvalue weighted by Gasteiger charge is 2.38. The number of amides is 1. The maximum Gasteiger partial charge on any atom is 0.253 e. The molecule has 0 heterocycles. The molecule has 5 nitrogen and oxygen atoms in total. The Bertz CT molecular complexity index is 571. The van der Waals surface area contributed by atoms with Crippen molar-refractivity contribution in [1.29, 1.82) is 0 Å². The number of oxime groups is 1. The lowest BCUT2D eigenvalue weighted by molar-refractivity contribution is 0.0905. The molecular weight excluding hydrogens is 358 g/mol. The van der Waals surface area contributed by atoms with Gasteiger partial charge in [-0.2, -0.15) is 0 Å². The lowest BCUT2D eigenvalue weighted by atomic mass is 9.80. The Labute approximate surface area is 136 Å². The number of nitrogens with one attached hydrogen (secondary N) is 1. The normalized spacial score (nSPS) is 18.3. The van der Waals surface area contributed by atoms with E-state index in [4.69, 9.17) is 22.5 Å². The highest BCUT2D eigenvalue weighted by molar-refractivity contribution is 9.10. The van der Waals surface area contributed by atoms with Crippen LogP contribution in [-0.4, -0.2) is 22.5 Å². The summed E-state index contributed by atoms with van der Waals surface area (Å²) in [5.41, 5.74) is 5.47. The van der Waals surface area contributed by atoms with Crippen LogP contribution in [0, 0.1) is 0 Å². The minimum atomic E-state index is -0.786. The molecule has 1 saturated carbocycles. The zero-order valence-corrected chi connectivity index (χ0v) is 13.7. The number of halogens is 2. The van der Waals surface area contributed by atoms with Crippen molar-refractivity contribution >= 4 is 39.3 Å². The summed E-state index contributed by atoms with van der Waals surface area (Å²) in [6.45, 7) is 0. The molecule has 0 aliphatic heterocycles. The van der Waals surface area contributed by atoms with Gasteiger partial charge < -0.3 is 16.3 Å². The molecule has 0 bridgehead atoms. The number of amidine groups is 1. The van der Waals surface area contributed by atoms with Crippen LogP contribution in [0.5, 0.6) is 0 Å². The van der Waals surface area contributed by atoms with Crippen LogP contribution < -0.4 is 11.1 Å². The first-order chi connectivity index (χ1) is 9.98. The molecule has 0 radical (unpaired) electrons. The molecule has 2 rings (SSSR count). The third-order valence-corrected chi connectivity index (χ3v) is 4.76. The van der Waals surface area contributed by atoms with E-state index in [1.165, 1.54) is 0 Å². The summed E-state index contributed by atoms with van der Waals surface area (Å²) in [5.74, 6) is -0.244. The fourth-order valence-electron chi connectivity index (χ4n) is 2.65. The van der Waals surface area contributed by atoms with E-state index < -0.39 is 5.54 Å². The molecule has 1 amide bonds.